The lowest BCUT2D eigenvalue weighted by Crippen LogP contribution is -1.99. The van der Waals surface area contributed by atoms with Gasteiger partial charge in [0.2, 0.25) is 0 Å². The van der Waals surface area contributed by atoms with Crippen LogP contribution in [0, 0.1) is 0 Å². The minimum absolute atomic E-state index is 0.977. The van der Waals surface area contributed by atoms with Gasteiger partial charge in [-0.2, -0.15) is 0 Å². The lowest BCUT2D eigenvalue weighted by atomic mass is 10.0. The van der Waals surface area contributed by atoms with Crippen molar-refractivity contribution in [2.75, 3.05) is 0 Å². The molecule has 2 nitrogen and oxygen atoms in total. The Kier molecular flexibility index (Phi) is 6.13. The number of rotatable bonds is 0. The summed E-state index contributed by atoms with van der Waals surface area (Å²) in [6.45, 7) is 0. The highest BCUT2D eigenvalue weighted by Crippen LogP contribution is 2.11. The second-order valence-corrected chi connectivity index (χ2v) is 3.98. The lowest BCUT2D eigenvalue weighted by molar-refractivity contribution is 0.315. The zero-order valence-corrected chi connectivity index (χ0v) is 8.91. The van der Waals surface area contributed by atoms with Crippen molar-refractivity contribution in [1.82, 2.24) is 0 Å². The van der Waals surface area contributed by atoms with Crippen molar-refractivity contribution in [2.45, 2.75) is 57.8 Å². The molecule has 0 unspecified atom stereocenters. The maximum absolute atomic E-state index is 8.77. The molecular formula is C12H21NO. The number of hydrogen-bond donors (Lipinski definition) is 1. The van der Waals surface area contributed by atoms with Crippen molar-refractivity contribution in [3.8, 4) is 0 Å². The molecule has 1 N–H and O–H groups in total. The summed E-state index contributed by atoms with van der Waals surface area (Å²) < 4.78 is 0. The van der Waals surface area contributed by atoms with Crippen molar-refractivity contribution in [3.63, 3.8) is 0 Å². The van der Waals surface area contributed by atoms with E-state index in [1.807, 2.05) is 0 Å². The van der Waals surface area contributed by atoms with Crippen LogP contribution in [0.15, 0.2) is 17.3 Å². The summed E-state index contributed by atoms with van der Waals surface area (Å²) in [4.78, 5) is 0. The monoisotopic (exact) mass is 195 g/mol. The summed E-state index contributed by atoms with van der Waals surface area (Å²) >= 11 is 0. The fraction of sp³-hybridized carbons (Fsp3) is 0.750. The summed E-state index contributed by atoms with van der Waals surface area (Å²) in [5.41, 5.74) is 0.995. The summed E-state index contributed by atoms with van der Waals surface area (Å²) in [5.74, 6) is 0. The van der Waals surface area contributed by atoms with Gasteiger partial charge < -0.3 is 5.21 Å². The number of oxime groups is 1. The summed E-state index contributed by atoms with van der Waals surface area (Å²) in [6, 6.07) is 0. The van der Waals surface area contributed by atoms with Crippen LogP contribution in [0.3, 0.4) is 0 Å². The average molecular weight is 195 g/mol. The summed E-state index contributed by atoms with van der Waals surface area (Å²) in [5, 5.41) is 12.1. The average Bonchev–Trinajstić information content (AvgIpc) is 2.19. The lowest BCUT2D eigenvalue weighted by Gasteiger charge is -2.05. The maximum Gasteiger partial charge on any atom is 0.0570 e. The molecule has 0 spiro atoms. The van der Waals surface area contributed by atoms with E-state index in [0.29, 0.717) is 0 Å². The van der Waals surface area contributed by atoms with Gasteiger partial charge in [0.1, 0.15) is 0 Å². The van der Waals surface area contributed by atoms with Gasteiger partial charge in [-0.05, 0) is 51.4 Å². The Balaban J connectivity index is 2.32. The highest BCUT2D eigenvalue weighted by Gasteiger charge is 2.01. The van der Waals surface area contributed by atoms with Crippen LogP contribution in [0.5, 0.6) is 0 Å². The van der Waals surface area contributed by atoms with E-state index in [-0.39, 0.29) is 0 Å². The first-order valence-corrected chi connectivity index (χ1v) is 5.78. The van der Waals surface area contributed by atoms with Gasteiger partial charge in [0, 0.05) is 0 Å². The molecule has 1 aliphatic rings. The molecule has 0 aliphatic heterocycles. The second kappa shape index (κ2) is 7.60. The van der Waals surface area contributed by atoms with Gasteiger partial charge in [-0.3, -0.25) is 0 Å². The molecule has 0 saturated heterocycles. The quantitative estimate of drug-likeness (QED) is 0.355. The summed E-state index contributed by atoms with van der Waals surface area (Å²) in [7, 11) is 0. The fourth-order valence-electron chi connectivity index (χ4n) is 1.82. The largest absolute Gasteiger partial charge is 0.411 e. The minimum atomic E-state index is 0.977. The molecule has 80 valence electrons. The zero-order valence-electron chi connectivity index (χ0n) is 8.91. The predicted molar refractivity (Wildman–Crippen MR) is 59.9 cm³/mol. The minimum Gasteiger partial charge on any atom is -0.411 e. The summed E-state index contributed by atoms with van der Waals surface area (Å²) in [6.07, 6.45) is 15.0. The van der Waals surface area contributed by atoms with E-state index in [0.717, 1.165) is 25.0 Å². The molecule has 0 atom stereocenters. The van der Waals surface area contributed by atoms with Crippen molar-refractivity contribution in [2.24, 2.45) is 5.16 Å². The van der Waals surface area contributed by atoms with E-state index < -0.39 is 0 Å². The number of nitrogens with zero attached hydrogens (tertiary/aromatic N) is 1. The van der Waals surface area contributed by atoms with E-state index >= 15 is 0 Å². The Morgan fingerprint density at radius 3 is 2.07 bits per heavy atom. The van der Waals surface area contributed by atoms with Crippen LogP contribution in [0.4, 0.5) is 0 Å². The van der Waals surface area contributed by atoms with Crippen LogP contribution in [-0.4, -0.2) is 10.9 Å². The molecule has 0 heterocycles. The number of hydrogen-bond acceptors (Lipinski definition) is 2. The highest BCUT2D eigenvalue weighted by molar-refractivity contribution is 5.83. The van der Waals surface area contributed by atoms with Gasteiger partial charge in [0.15, 0.2) is 0 Å². The molecule has 0 aromatic carbocycles. The van der Waals surface area contributed by atoms with E-state index in [9.17, 15) is 0 Å². The van der Waals surface area contributed by atoms with Crippen molar-refractivity contribution < 1.29 is 5.21 Å². The SMILES string of the molecule is ON=C1CCCC/C=C\CCCCC1. The molecule has 0 bridgehead atoms. The van der Waals surface area contributed by atoms with Crippen LogP contribution in [0.1, 0.15) is 57.8 Å². The Morgan fingerprint density at radius 1 is 0.857 bits per heavy atom. The van der Waals surface area contributed by atoms with Crippen LogP contribution in [0.2, 0.25) is 0 Å². The standard InChI is InChI=1S/C12H21NO/c14-13-12-10-8-6-4-2-1-3-5-7-9-11-12/h1-2,14H,3-11H2/b2-1-,13-12?. The zero-order chi connectivity index (χ0) is 10.1. The molecule has 0 aromatic rings. The molecule has 2 heteroatoms. The van der Waals surface area contributed by atoms with Crippen LogP contribution in [-0.2, 0) is 0 Å². The van der Waals surface area contributed by atoms with E-state index in [1.165, 1.54) is 38.5 Å². The van der Waals surface area contributed by atoms with E-state index in [4.69, 9.17) is 5.21 Å². The third-order valence-corrected chi connectivity index (χ3v) is 2.73. The maximum atomic E-state index is 8.77. The van der Waals surface area contributed by atoms with Gasteiger partial charge in [-0.15, -0.1) is 0 Å². The van der Waals surface area contributed by atoms with Crippen LogP contribution >= 0.6 is 0 Å². The van der Waals surface area contributed by atoms with Crippen molar-refractivity contribution >= 4 is 5.71 Å². The van der Waals surface area contributed by atoms with Gasteiger partial charge in [0.05, 0.1) is 5.71 Å². The Morgan fingerprint density at radius 2 is 1.43 bits per heavy atom. The Bertz CT molecular complexity index is 196. The first-order valence-electron chi connectivity index (χ1n) is 5.78. The third kappa shape index (κ3) is 5.05. The molecule has 0 radical (unpaired) electrons. The van der Waals surface area contributed by atoms with Crippen molar-refractivity contribution in [3.05, 3.63) is 12.2 Å². The second-order valence-electron chi connectivity index (χ2n) is 3.98. The molecule has 0 saturated carbocycles. The molecule has 0 amide bonds. The molecule has 14 heavy (non-hydrogen) atoms. The molecule has 1 aliphatic carbocycles. The topological polar surface area (TPSA) is 32.6 Å². The van der Waals surface area contributed by atoms with Crippen LogP contribution in [0.25, 0.3) is 0 Å². The van der Waals surface area contributed by atoms with E-state index in [1.54, 1.807) is 0 Å². The highest BCUT2D eigenvalue weighted by atomic mass is 16.4. The fourth-order valence-corrected chi connectivity index (χ4v) is 1.82. The van der Waals surface area contributed by atoms with Crippen LogP contribution < -0.4 is 0 Å². The van der Waals surface area contributed by atoms with Gasteiger partial charge in [0.25, 0.3) is 0 Å². The normalized spacial score (nSPS) is 26.4. The first kappa shape index (κ1) is 11.3. The van der Waals surface area contributed by atoms with Gasteiger partial charge in [-0.25, -0.2) is 0 Å². The molecular weight excluding hydrogens is 174 g/mol. The first-order chi connectivity index (χ1) is 6.93. The number of allylic oxidation sites excluding steroid dienone is 2. The smallest absolute Gasteiger partial charge is 0.0570 e. The third-order valence-electron chi connectivity index (χ3n) is 2.73. The molecule has 1 rings (SSSR count). The molecule has 0 aromatic heterocycles. The molecule has 0 fully saturated rings. The predicted octanol–water partition coefficient (Wildman–Crippen LogP) is 3.90. The van der Waals surface area contributed by atoms with Gasteiger partial charge >= 0.3 is 0 Å². The van der Waals surface area contributed by atoms with Crippen molar-refractivity contribution in [1.29, 1.82) is 0 Å². The Labute approximate surface area is 86.7 Å². The van der Waals surface area contributed by atoms with Gasteiger partial charge in [-0.1, -0.05) is 23.7 Å². The Hall–Kier alpha value is -0.790. The van der Waals surface area contributed by atoms with E-state index in [2.05, 4.69) is 17.3 Å².